The first-order valence-electron chi connectivity index (χ1n) is 6.68. The first-order chi connectivity index (χ1) is 10.7. The highest BCUT2D eigenvalue weighted by Crippen LogP contribution is 2.26. The van der Waals surface area contributed by atoms with Crippen LogP contribution >= 0.6 is 11.8 Å². The highest BCUT2D eigenvalue weighted by Gasteiger charge is 2.13. The van der Waals surface area contributed by atoms with Crippen LogP contribution in [0.5, 0.6) is 0 Å². The number of rotatable bonds is 6. The zero-order chi connectivity index (χ0) is 15.4. The molecule has 0 fully saturated rings. The van der Waals surface area contributed by atoms with Crippen LogP contribution in [0.2, 0.25) is 0 Å². The summed E-state index contributed by atoms with van der Waals surface area (Å²) < 4.78 is 22.9. The molecule has 0 saturated heterocycles. The Morgan fingerprint density at radius 3 is 2.73 bits per heavy atom. The molecule has 0 aliphatic heterocycles. The Morgan fingerprint density at radius 2 is 2.00 bits per heavy atom. The van der Waals surface area contributed by atoms with Crippen molar-refractivity contribution < 1.29 is 13.0 Å². The van der Waals surface area contributed by atoms with Crippen LogP contribution < -0.4 is 0 Å². The molecule has 3 aromatic rings. The smallest absolute Gasteiger partial charge is 0.276 e. The van der Waals surface area contributed by atoms with E-state index in [-0.39, 0.29) is 0 Å². The highest BCUT2D eigenvalue weighted by molar-refractivity contribution is 8.00. The number of furan rings is 1. The maximum Gasteiger partial charge on any atom is 0.276 e. The molecule has 0 aliphatic rings. The zero-order valence-electron chi connectivity index (χ0n) is 11.9. The Balaban J connectivity index is 1.56. The molecule has 0 amide bonds. The second-order valence-corrected chi connectivity index (χ2v) is 7.09. The molecule has 0 bridgehead atoms. The van der Waals surface area contributed by atoms with Gasteiger partial charge in [0.05, 0.1) is 22.6 Å². The summed E-state index contributed by atoms with van der Waals surface area (Å²) in [6.07, 6.45) is 1.59. The lowest BCUT2D eigenvalue weighted by atomic mass is 10.3. The lowest BCUT2D eigenvalue weighted by molar-refractivity contribution is 0.463. The summed E-state index contributed by atoms with van der Waals surface area (Å²) in [4.78, 5) is 0.836. The van der Waals surface area contributed by atoms with Crippen molar-refractivity contribution in [1.29, 1.82) is 0 Å². The SMILES string of the molecule is Cc1occc1-c1nnc(SCC[S@](=O)c2ccccc2)o1. The Labute approximate surface area is 134 Å². The summed E-state index contributed by atoms with van der Waals surface area (Å²) in [5.41, 5.74) is 0.798. The van der Waals surface area contributed by atoms with E-state index in [1.807, 2.05) is 37.3 Å². The van der Waals surface area contributed by atoms with Gasteiger partial charge in [0.1, 0.15) is 5.76 Å². The number of thioether (sulfide) groups is 1. The van der Waals surface area contributed by atoms with Crippen molar-refractivity contribution in [2.24, 2.45) is 0 Å². The Morgan fingerprint density at radius 1 is 1.18 bits per heavy atom. The molecule has 1 atom stereocenters. The van der Waals surface area contributed by atoms with E-state index in [2.05, 4.69) is 10.2 Å². The molecule has 2 heterocycles. The summed E-state index contributed by atoms with van der Waals surface area (Å²) in [7, 11) is -1.01. The highest BCUT2D eigenvalue weighted by atomic mass is 32.2. The van der Waals surface area contributed by atoms with Crippen molar-refractivity contribution in [3.63, 3.8) is 0 Å². The van der Waals surface area contributed by atoms with Crippen LogP contribution in [0.3, 0.4) is 0 Å². The molecule has 0 saturated carbocycles. The van der Waals surface area contributed by atoms with Crippen molar-refractivity contribution in [3.05, 3.63) is 48.4 Å². The molecule has 0 N–H and O–H groups in total. The summed E-state index contributed by atoms with van der Waals surface area (Å²) in [6, 6.07) is 11.2. The van der Waals surface area contributed by atoms with E-state index in [4.69, 9.17) is 8.83 Å². The molecule has 3 rings (SSSR count). The normalized spacial score (nSPS) is 12.4. The molecule has 114 valence electrons. The molecule has 1 aromatic carbocycles. The van der Waals surface area contributed by atoms with Crippen LogP contribution in [0.25, 0.3) is 11.5 Å². The summed E-state index contributed by atoms with van der Waals surface area (Å²) in [5, 5.41) is 8.46. The molecule has 0 spiro atoms. The maximum atomic E-state index is 12.1. The van der Waals surface area contributed by atoms with Crippen molar-refractivity contribution >= 4 is 22.6 Å². The van der Waals surface area contributed by atoms with E-state index in [0.29, 0.717) is 22.6 Å². The topological polar surface area (TPSA) is 69.1 Å². The molecule has 0 unspecified atom stereocenters. The molecule has 0 radical (unpaired) electrons. The number of hydrogen-bond donors (Lipinski definition) is 0. The van der Waals surface area contributed by atoms with Gasteiger partial charge in [-0.15, -0.1) is 10.2 Å². The van der Waals surface area contributed by atoms with Gasteiger partial charge in [-0.25, -0.2) is 0 Å². The van der Waals surface area contributed by atoms with E-state index in [1.54, 1.807) is 12.3 Å². The van der Waals surface area contributed by atoms with Crippen molar-refractivity contribution in [3.8, 4) is 11.5 Å². The minimum Gasteiger partial charge on any atom is -0.469 e. The Hall–Kier alpha value is -1.86. The fraction of sp³-hybridized carbons (Fsp3) is 0.200. The second kappa shape index (κ2) is 6.93. The number of hydrogen-bond acceptors (Lipinski definition) is 6. The third-order valence-electron chi connectivity index (χ3n) is 3.00. The van der Waals surface area contributed by atoms with Gasteiger partial charge in [-0.2, -0.15) is 0 Å². The minimum atomic E-state index is -1.01. The average molecular weight is 334 g/mol. The number of benzene rings is 1. The Bertz CT molecular complexity index is 768. The number of nitrogens with zero attached hydrogens (tertiary/aromatic N) is 2. The van der Waals surface area contributed by atoms with Gasteiger partial charge in [0, 0.05) is 16.4 Å². The standard InChI is InChI=1S/C15H14N2O3S2/c1-11-13(7-8-19-11)14-16-17-15(20-14)21-9-10-22(18)12-5-3-2-4-6-12/h2-8H,9-10H2,1H3/t22-/m0/s1. The molecular weight excluding hydrogens is 320 g/mol. The Kier molecular flexibility index (Phi) is 4.74. The third kappa shape index (κ3) is 3.48. The summed E-state index contributed by atoms with van der Waals surface area (Å²) in [6.45, 7) is 1.84. The number of aryl methyl sites for hydroxylation is 1. The van der Waals surface area contributed by atoms with E-state index in [1.165, 1.54) is 11.8 Å². The fourth-order valence-corrected chi connectivity index (χ4v) is 3.92. The number of aromatic nitrogens is 2. The van der Waals surface area contributed by atoms with Gasteiger partial charge in [-0.1, -0.05) is 30.0 Å². The predicted octanol–water partition coefficient (Wildman–Crippen LogP) is 3.54. The van der Waals surface area contributed by atoms with Crippen molar-refractivity contribution in [2.45, 2.75) is 17.0 Å². The van der Waals surface area contributed by atoms with Gasteiger partial charge in [-0.05, 0) is 25.1 Å². The van der Waals surface area contributed by atoms with E-state index in [0.717, 1.165) is 16.2 Å². The first kappa shape index (κ1) is 15.1. The maximum absolute atomic E-state index is 12.1. The fourth-order valence-electron chi connectivity index (χ4n) is 1.88. The van der Waals surface area contributed by atoms with Crippen LogP contribution in [0.15, 0.2) is 61.6 Å². The lowest BCUT2D eigenvalue weighted by Gasteiger charge is -2.00. The van der Waals surface area contributed by atoms with E-state index >= 15 is 0 Å². The zero-order valence-corrected chi connectivity index (χ0v) is 13.5. The van der Waals surface area contributed by atoms with Gasteiger partial charge in [-0.3, -0.25) is 4.21 Å². The molecule has 22 heavy (non-hydrogen) atoms. The lowest BCUT2D eigenvalue weighted by Crippen LogP contribution is -2.00. The van der Waals surface area contributed by atoms with Crippen LogP contribution in [-0.4, -0.2) is 25.9 Å². The molecule has 2 aromatic heterocycles. The monoisotopic (exact) mass is 334 g/mol. The van der Waals surface area contributed by atoms with E-state index in [9.17, 15) is 4.21 Å². The van der Waals surface area contributed by atoms with Crippen LogP contribution in [0, 0.1) is 6.92 Å². The summed E-state index contributed by atoms with van der Waals surface area (Å²) in [5.74, 6) is 2.37. The van der Waals surface area contributed by atoms with Gasteiger partial charge in [0.25, 0.3) is 11.1 Å². The molecule has 7 heteroatoms. The third-order valence-corrected chi connectivity index (χ3v) is 5.45. The minimum absolute atomic E-state index is 0.443. The van der Waals surface area contributed by atoms with Crippen LogP contribution in [0.4, 0.5) is 0 Å². The van der Waals surface area contributed by atoms with Gasteiger partial charge in [0.15, 0.2) is 0 Å². The summed E-state index contributed by atoms with van der Waals surface area (Å²) >= 11 is 1.40. The van der Waals surface area contributed by atoms with Gasteiger partial charge in [0.2, 0.25) is 0 Å². The predicted molar refractivity (Wildman–Crippen MR) is 85.2 cm³/mol. The molecular formula is C15H14N2O3S2. The largest absolute Gasteiger partial charge is 0.469 e. The van der Waals surface area contributed by atoms with Crippen LogP contribution in [0.1, 0.15) is 5.76 Å². The van der Waals surface area contributed by atoms with Gasteiger partial charge < -0.3 is 8.83 Å². The van der Waals surface area contributed by atoms with Crippen molar-refractivity contribution in [2.75, 3.05) is 11.5 Å². The average Bonchev–Trinajstić information content (AvgIpc) is 3.17. The van der Waals surface area contributed by atoms with E-state index < -0.39 is 10.8 Å². The van der Waals surface area contributed by atoms with Crippen LogP contribution in [-0.2, 0) is 10.8 Å². The second-order valence-electron chi connectivity index (χ2n) is 4.47. The molecule has 0 aliphatic carbocycles. The first-order valence-corrected chi connectivity index (χ1v) is 8.98. The molecule has 5 nitrogen and oxygen atoms in total. The van der Waals surface area contributed by atoms with Crippen molar-refractivity contribution in [1.82, 2.24) is 10.2 Å². The quantitative estimate of drug-likeness (QED) is 0.642. The van der Waals surface area contributed by atoms with Gasteiger partial charge >= 0.3 is 0 Å².